The lowest BCUT2D eigenvalue weighted by Crippen LogP contribution is -2.54. The van der Waals surface area contributed by atoms with Gasteiger partial charge in [0.25, 0.3) is 0 Å². The second kappa shape index (κ2) is 3.75. The van der Waals surface area contributed by atoms with Crippen LogP contribution in [0.15, 0.2) is 6.07 Å². The molecule has 1 aliphatic heterocycles. The molecule has 1 aliphatic rings. The van der Waals surface area contributed by atoms with E-state index in [1.54, 1.807) is 7.11 Å². The molecule has 1 aromatic rings. The Bertz CT molecular complexity index is 422. The number of rotatable bonds is 2. The first-order valence-corrected chi connectivity index (χ1v) is 5.51. The number of ether oxygens (including phenoxy) is 2. The van der Waals surface area contributed by atoms with Gasteiger partial charge in [-0.2, -0.15) is 0 Å². The van der Waals surface area contributed by atoms with Gasteiger partial charge in [-0.1, -0.05) is 6.07 Å². The van der Waals surface area contributed by atoms with Crippen LogP contribution in [0.3, 0.4) is 0 Å². The van der Waals surface area contributed by atoms with Gasteiger partial charge in [-0.05, 0) is 43.0 Å². The molecule has 16 heavy (non-hydrogen) atoms. The number of nitrogens with two attached hydrogens (primary N) is 1. The number of aryl methyl sites for hydroxylation is 1. The van der Waals surface area contributed by atoms with Crippen LogP contribution in [0.25, 0.3) is 0 Å². The highest BCUT2D eigenvalue weighted by Gasteiger charge is 2.38. The van der Waals surface area contributed by atoms with E-state index in [9.17, 15) is 0 Å². The summed E-state index contributed by atoms with van der Waals surface area (Å²) in [6.45, 7) is 7.45. The van der Waals surface area contributed by atoms with Crippen LogP contribution in [-0.2, 0) is 10.3 Å². The molecular weight excluding hydrogens is 202 g/mol. The van der Waals surface area contributed by atoms with Crippen LogP contribution in [0.2, 0.25) is 0 Å². The molecule has 1 saturated heterocycles. The highest BCUT2D eigenvalue weighted by Crippen LogP contribution is 2.36. The SMILES string of the molecule is COc1c(C)cc(C2(N)COC2)c(C)c1C. The highest BCUT2D eigenvalue weighted by atomic mass is 16.5. The molecule has 0 radical (unpaired) electrons. The second-order valence-electron chi connectivity index (χ2n) is 4.67. The van der Waals surface area contributed by atoms with Crippen molar-refractivity contribution in [3.63, 3.8) is 0 Å². The monoisotopic (exact) mass is 221 g/mol. The lowest BCUT2D eigenvalue weighted by molar-refractivity contribution is -0.0572. The Labute approximate surface area is 96.5 Å². The molecule has 3 heteroatoms. The predicted octanol–water partition coefficient (Wildman–Crippen LogP) is 1.80. The van der Waals surface area contributed by atoms with Crippen molar-refractivity contribution in [2.45, 2.75) is 26.3 Å². The van der Waals surface area contributed by atoms with Crippen molar-refractivity contribution in [2.75, 3.05) is 20.3 Å². The molecular formula is C13H19NO2. The lowest BCUT2D eigenvalue weighted by Gasteiger charge is -2.40. The summed E-state index contributed by atoms with van der Waals surface area (Å²) in [5, 5.41) is 0. The van der Waals surface area contributed by atoms with Gasteiger partial charge in [0.15, 0.2) is 0 Å². The molecule has 2 N–H and O–H groups in total. The Morgan fingerprint density at radius 3 is 2.31 bits per heavy atom. The van der Waals surface area contributed by atoms with Crippen LogP contribution in [-0.4, -0.2) is 20.3 Å². The fourth-order valence-electron chi connectivity index (χ4n) is 2.37. The summed E-state index contributed by atoms with van der Waals surface area (Å²) >= 11 is 0. The molecule has 2 rings (SSSR count). The van der Waals surface area contributed by atoms with E-state index in [0.717, 1.165) is 11.3 Å². The number of methoxy groups -OCH3 is 1. The summed E-state index contributed by atoms with van der Waals surface area (Å²) < 4.78 is 10.6. The summed E-state index contributed by atoms with van der Waals surface area (Å²) in [4.78, 5) is 0. The number of hydrogen-bond acceptors (Lipinski definition) is 3. The van der Waals surface area contributed by atoms with Crippen molar-refractivity contribution in [1.82, 2.24) is 0 Å². The molecule has 1 fully saturated rings. The highest BCUT2D eigenvalue weighted by molar-refractivity contribution is 5.51. The topological polar surface area (TPSA) is 44.5 Å². The fourth-order valence-corrected chi connectivity index (χ4v) is 2.37. The fraction of sp³-hybridized carbons (Fsp3) is 0.538. The Hall–Kier alpha value is -1.06. The van der Waals surface area contributed by atoms with Gasteiger partial charge >= 0.3 is 0 Å². The second-order valence-corrected chi connectivity index (χ2v) is 4.67. The molecule has 0 aromatic heterocycles. The van der Waals surface area contributed by atoms with Crippen LogP contribution in [0, 0.1) is 20.8 Å². The van der Waals surface area contributed by atoms with E-state index in [-0.39, 0.29) is 5.54 Å². The van der Waals surface area contributed by atoms with Crippen molar-refractivity contribution >= 4 is 0 Å². The zero-order valence-corrected chi connectivity index (χ0v) is 10.4. The largest absolute Gasteiger partial charge is 0.496 e. The van der Waals surface area contributed by atoms with Crippen LogP contribution in [0.1, 0.15) is 22.3 Å². The molecule has 0 aliphatic carbocycles. The summed E-state index contributed by atoms with van der Waals surface area (Å²) in [5.41, 5.74) is 10.7. The van der Waals surface area contributed by atoms with Gasteiger partial charge in [0, 0.05) is 0 Å². The zero-order chi connectivity index (χ0) is 11.9. The smallest absolute Gasteiger partial charge is 0.124 e. The molecule has 0 unspecified atom stereocenters. The zero-order valence-electron chi connectivity index (χ0n) is 10.4. The Morgan fingerprint density at radius 1 is 1.25 bits per heavy atom. The summed E-state index contributed by atoms with van der Waals surface area (Å²) in [6.07, 6.45) is 0. The molecule has 0 bridgehead atoms. The van der Waals surface area contributed by atoms with Crippen molar-refractivity contribution in [1.29, 1.82) is 0 Å². The van der Waals surface area contributed by atoms with E-state index in [1.807, 2.05) is 0 Å². The molecule has 3 nitrogen and oxygen atoms in total. The predicted molar refractivity (Wildman–Crippen MR) is 63.9 cm³/mol. The van der Waals surface area contributed by atoms with Crippen LogP contribution >= 0.6 is 0 Å². The Morgan fingerprint density at radius 2 is 1.88 bits per heavy atom. The van der Waals surface area contributed by atoms with Gasteiger partial charge in [0.2, 0.25) is 0 Å². The van der Waals surface area contributed by atoms with Gasteiger partial charge in [-0.25, -0.2) is 0 Å². The molecule has 0 atom stereocenters. The van der Waals surface area contributed by atoms with Gasteiger partial charge < -0.3 is 15.2 Å². The minimum atomic E-state index is -0.300. The third-order valence-electron chi connectivity index (χ3n) is 3.49. The maximum Gasteiger partial charge on any atom is 0.124 e. The van der Waals surface area contributed by atoms with Crippen LogP contribution in [0.5, 0.6) is 5.75 Å². The minimum Gasteiger partial charge on any atom is -0.496 e. The first kappa shape index (κ1) is 11.4. The summed E-state index contributed by atoms with van der Waals surface area (Å²) in [6, 6.07) is 2.13. The molecule has 0 saturated carbocycles. The number of hydrogen-bond donors (Lipinski definition) is 1. The quantitative estimate of drug-likeness (QED) is 0.828. The van der Waals surface area contributed by atoms with Crippen molar-refractivity contribution in [2.24, 2.45) is 5.73 Å². The van der Waals surface area contributed by atoms with E-state index in [4.69, 9.17) is 15.2 Å². The molecule has 1 heterocycles. The standard InChI is InChI=1S/C13H19NO2/c1-8-5-11(13(14)6-16-7-13)9(2)10(3)12(8)15-4/h5H,6-7,14H2,1-4H3. The Kier molecular flexibility index (Phi) is 2.68. The maximum absolute atomic E-state index is 6.29. The van der Waals surface area contributed by atoms with Crippen LogP contribution in [0.4, 0.5) is 0 Å². The maximum atomic E-state index is 6.29. The lowest BCUT2D eigenvalue weighted by atomic mass is 9.83. The first-order valence-electron chi connectivity index (χ1n) is 5.51. The van der Waals surface area contributed by atoms with Crippen molar-refractivity contribution in [3.05, 3.63) is 28.3 Å². The van der Waals surface area contributed by atoms with E-state index in [1.165, 1.54) is 16.7 Å². The van der Waals surface area contributed by atoms with Gasteiger partial charge in [0.05, 0.1) is 25.9 Å². The average molecular weight is 221 g/mol. The minimum absolute atomic E-state index is 0.300. The summed E-state index contributed by atoms with van der Waals surface area (Å²) in [7, 11) is 1.71. The van der Waals surface area contributed by atoms with Gasteiger partial charge in [-0.3, -0.25) is 0 Å². The van der Waals surface area contributed by atoms with Crippen molar-refractivity contribution in [3.8, 4) is 5.75 Å². The number of benzene rings is 1. The normalized spacial score (nSPS) is 18.1. The van der Waals surface area contributed by atoms with Gasteiger partial charge in [-0.15, -0.1) is 0 Å². The molecule has 88 valence electrons. The van der Waals surface area contributed by atoms with Gasteiger partial charge in [0.1, 0.15) is 5.75 Å². The van der Waals surface area contributed by atoms with Crippen LogP contribution < -0.4 is 10.5 Å². The van der Waals surface area contributed by atoms with E-state index in [2.05, 4.69) is 26.8 Å². The van der Waals surface area contributed by atoms with Crippen molar-refractivity contribution < 1.29 is 9.47 Å². The van der Waals surface area contributed by atoms with E-state index < -0.39 is 0 Å². The Balaban J connectivity index is 2.56. The average Bonchev–Trinajstić information content (AvgIpc) is 2.21. The van der Waals surface area contributed by atoms with E-state index in [0.29, 0.717) is 13.2 Å². The van der Waals surface area contributed by atoms with E-state index >= 15 is 0 Å². The first-order chi connectivity index (χ1) is 7.49. The molecule has 0 amide bonds. The summed E-state index contributed by atoms with van der Waals surface area (Å²) in [5.74, 6) is 0.963. The third-order valence-corrected chi connectivity index (χ3v) is 3.49. The molecule has 1 aromatic carbocycles. The molecule has 0 spiro atoms. The third kappa shape index (κ3) is 1.51.